The highest BCUT2D eigenvalue weighted by Gasteiger charge is 2.41. The lowest BCUT2D eigenvalue weighted by molar-refractivity contribution is -0.0417. The second kappa shape index (κ2) is 8.80. The maximum atomic E-state index is 13.3. The van der Waals surface area contributed by atoms with E-state index < -0.39 is 27.8 Å². The topological polar surface area (TPSA) is 149 Å². The summed E-state index contributed by atoms with van der Waals surface area (Å²) in [7, 11) is -4.98. The standard InChI is InChI=1S/C12H12BrF4N7O3S/c13-7-5-6(1-2-8(7)14)21-11(22-25)9-10(24-27-23-9)19-3-4-20-28(18,26)12(15,16)17/h1-2,5,25H,3-4H2,(H,19,24)(H,21,22)(H2,18,20,26). The van der Waals surface area contributed by atoms with Crippen LogP contribution in [0.15, 0.2) is 32.3 Å². The summed E-state index contributed by atoms with van der Waals surface area (Å²) in [6.07, 6.45) is 0. The molecule has 10 nitrogen and oxygen atoms in total. The second-order valence-electron chi connectivity index (χ2n) is 4.96. The van der Waals surface area contributed by atoms with E-state index in [1.54, 1.807) is 10.2 Å². The Morgan fingerprint density at radius 1 is 1.36 bits per heavy atom. The third kappa shape index (κ3) is 5.37. The first-order valence-corrected chi connectivity index (χ1v) is 9.50. The number of alkyl halides is 3. The first-order chi connectivity index (χ1) is 13.0. The molecule has 28 heavy (non-hydrogen) atoms. The summed E-state index contributed by atoms with van der Waals surface area (Å²) in [4.78, 5) is 4.00. The van der Waals surface area contributed by atoms with Crippen LogP contribution < -0.4 is 15.5 Å². The van der Waals surface area contributed by atoms with Crippen LogP contribution in [0.5, 0.6) is 0 Å². The number of benzene rings is 1. The van der Waals surface area contributed by atoms with Gasteiger partial charge in [-0.3, -0.25) is 10.7 Å². The number of anilines is 1. The largest absolute Gasteiger partial charge is 0.492 e. The summed E-state index contributed by atoms with van der Waals surface area (Å²) in [6.45, 7) is -0.744. The Bertz CT molecular complexity index is 964. The minimum absolute atomic E-state index is 0.105. The second-order valence-corrected chi connectivity index (χ2v) is 7.67. The molecule has 0 aliphatic heterocycles. The Kier molecular flexibility index (Phi) is 6.91. The third-order valence-electron chi connectivity index (χ3n) is 3.01. The number of rotatable bonds is 7. The lowest BCUT2D eigenvalue weighted by atomic mass is 10.3. The third-order valence-corrected chi connectivity index (χ3v) is 4.88. The van der Waals surface area contributed by atoms with Gasteiger partial charge in [-0.25, -0.2) is 27.7 Å². The van der Waals surface area contributed by atoms with Gasteiger partial charge in [0.15, 0.2) is 11.5 Å². The van der Waals surface area contributed by atoms with Gasteiger partial charge in [0, 0.05) is 13.1 Å². The van der Waals surface area contributed by atoms with Gasteiger partial charge >= 0.3 is 5.51 Å². The lowest BCUT2D eigenvalue weighted by Gasteiger charge is -2.12. The highest BCUT2D eigenvalue weighted by Crippen LogP contribution is 2.23. The zero-order valence-electron chi connectivity index (χ0n) is 13.5. The first kappa shape index (κ1) is 22.0. The summed E-state index contributed by atoms with van der Waals surface area (Å²) < 4.78 is 74.4. The minimum atomic E-state index is -5.21. The SMILES string of the molecule is N=S(=O)(NCCNc1nonc1C(=Nc1ccc(F)c(Br)c1)NO)C(F)(F)F. The van der Waals surface area contributed by atoms with Crippen molar-refractivity contribution in [3.63, 3.8) is 0 Å². The molecule has 5 N–H and O–H groups in total. The van der Waals surface area contributed by atoms with Crippen molar-refractivity contribution in [3.05, 3.63) is 34.2 Å². The highest BCUT2D eigenvalue weighted by atomic mass is 79.9. The van der Waals surface area contributed by atoms with E-state index in [1.807, 2.05) is 0 Å². The molecule has 1 aromatic carbocycles. The molecule has 0 aliphatic carbocycles. The van der Waals surface area contributed by atoms with E-state index in [1.165, 1.54) is 12.1 Å². The summed E-state index contributed by atoms with van der Waals surface area (Å²) in [6, 6.07) is 3.76. The van der Waals surface area contributed by atoms with Crippen LogP contribution in [0.25, 0.3) is 0 Å². The van der Waals surface area contributed by atoms with Crippen molar-refractivity contribution >= 4 is 43.2 Å². The van der Waals surface area contributed by atoms with Gasteiger partial charge < -0.3 is 5.32 Å². The molecular formula is C12H12BrF4N7O3S. The van der Waals surface area contributed by atoms with Crippen molar-refractivity contribution in [2.45, 2.75) is 5.51 Å². The fourth-order valence-corrected chi connectivity index (χ4v) is 2.65. The zero-order chi connectivity index (χ0) is 20.9. The van der Waals surface area contributed by atoms with Gasteiger partial charge in [-0.2, -0.15) is 13.2 Å². The first-order valence-electron chi connectivity index (χ1n) is 7.15. The lowest BCUT2D eigenvalue weighted by Crippen LogP contribution is -2.37. The molecule has 0 bridgehead atoms. The number of halogens is 5. The van der Waals surface area contributed by atoms with E-state index in [4.69, 9.17) is 4.78 Å². The smallest absolute Gasteiger partial charge is 0.364 e. The van der Waals surface area contributed by atoms with Crippen LogP contribution in [0.4, 0.5) is 29.1 Å². The normalized spacial score (nSPS) is 14.6. The van der Waals surface area contributed by atoms with Crippen LogP contribution in [-0.4, -0.2) is 44.2 Å². The number of aromatic nitrogens is 2. The monoisotopic (exact) mass is 489 g/mol. The van der Waals surface area contributed by atoms with Crippen LogP contribution >= 0.6 is 15.9 Å². The number of aliphatic imine (C=N–C) groups is 1. The average Bonchev–Trinajstić information content (AvgIpc) is 3.07. The molecule has 0 radical (unpaired) electrons. The van der Waals surface area contributed by atoms with E-state index in [-0.39, 0.29) is 34.1 Å². The van der Waals surface area contributed by atoms with Gasteiger partial charge in [0.05, 0.1) is 10.2 Å². The Morgan fingerprint density at radius 2 is 2.07 bits per heavy atom. The Balaban J connectivity index is 2.09. The molecular weight excluding hydrogens is 478 g/mol. The predicted octanol–water partition coefficient (Wildman–Crippen LogP) is 2.51. The number of hydrogen-bond donors (Lipinski definition) is 5. The number of amidine groups is 1. The van der Waals surface area contributed by atoms with Crippen LogP contribution in [-0.2, 0) is 9.92 Å². The van der Waals surface area contributed by atoms with Crippen molar-refractivity contribution in [3.8, 4) is 0 Å². The molecule has 1 atom stereocenters. The van der Waals surface area contributed by atoms with Gasteiger partial charge in [-0.05, 0) is 44.4 Å². The number of hydroxylamine groups is 1. The van der Waals surface area contributed by atoms with Crippen LogP contribution in [0, 0.1) is 10.6 Å². The molecule has 0 spiro atoms. The van der Waals surface area contributed by atoms with Gasteiger partial charge in [-0.15, -0.1) is 0 Å². The number of nitrogens with one attached hydrogen (secondary N) is 4. The molecule has 0 aliphatic rings. The maximum Gasteiger partial charge on any atom is 0.492 e. The average molecular weight is 490 g/mol. The van der Waals surface area contributed by atoms with E-state index >= 15 is 0 Å². The van der Waals surface area contributed by atoms with Gasteiger partial charge in [0.25, 0.3) is 0 Å². The summed E-state index contributed by atoms with van der Waals surface area (Å²) in [5.74, 6) is -0.887. The molecule has 0 saturated carbocycles. The molecule has 0 amide bonds. The number of nitrogens with zero attached hydrogens (tertiary/aromatic N) is 3. The summed E-state index contributed by atoms with van der Waals surface area (Å²) in [5, 5.41) is 18.8. The van der Waals surface area contributed by atoms with Crippen LogP contribution in [0.1, 0.15) is 5.69 Å². The van der Waals surface area contributed by atoms with Crippen molar-refractivity contribution in [2.75, 3.05) is 18.4 Å². The van der Waals surface area contributed by atoms with Gasteiger partial charge in [0.2, 0.25) is 15.7 Å². The van der Waals surface area contributed by atoms with Gasteiger partial charge in [0.1, 0.15) is 5.82 Å². The highest BCUT2D eigenvalue weighted by molar-refractivity contribution is 9.10. The van der Waals surface area contributed by atoms with E-state index in [0.717, 1.165) is 6.07 Å². The Hall–Kier alpha value is -2.30. The molecule has 1 heterocycles. The predicted molar refractivity (Wildman–Crippen MR) is 92.9 cm³/mol. The summed E-state index contributed by atoms with van der Waals surface area (Å²) in [5.41, 5.74) is -3.36. The molecule has 0 fully saturated rings. The zero-order valence-corrected chi connectivity index (χ0v) is 16.0. The molecule has 16 heteroatoms. The van der Waals surface area contributed by atoms with Crippen molar-refractivity contribution in [1.82, 2.24) is 20.5 Å². The molecule has 2 aromatic rings. The fourth-order valence-electron chi connectivity index (χ4n) is 1.73. The molecule has 154 valence electrons. The Labute approximate surface area is 163 Å². The quantitative estimate of drug-likeness (QED) is 0.132. The van der Waals surface area contributed by atoms with E-state index in [9.17, 15) is 27.0 Å². The van der Waals surface area contributed by atoms with E-state index in [2.05, 4.69) is 41.2 Å². The minimum Gasteiger partial charge on any atom is -0.364 e. The van der Waals surface area contributed by atoms with Crippen LogP contribution in [0.3, 0.4) is 0 Å². The molecule has 1 aromatic heterocycles. The van der Waals surface area contributed by atoms with Crippen molar-refractivity contribution in [1.29, 1.82) is 4.78 Å². The number of hydrogen-bond acceptors (Lipinski definition) is 8. The molecule has 1 unspecified atom stereocenters. The van der Waals surface area contributed by atoms with E-state index in [0.29, 0.717) is 0 Å². The fraction of sp³-hybridized carbons (Fsp3) is 0.250. The Morgan fingerprint density at radius 3 is 2.68 bits per heavy atom. The molecule has 0 saturated heterocycles. The maximum absolute atomic E-state index is 13.3. The van der Waals surface area contributed by atoms with Gasteiger partial charge in [-0.1, -0.05) is 0 Å². The van der Waals surface area contributed by atoms with Crippen LogP contribution in [0.2, 0.25) is 0 Å². The van der Waals surface area contributed by atoms with Crippen molar-refractivity contribution < 1.29 is 31.6 Å². The molecule has 2 rings (SSSR count). The summed E-state index contributed by atoms with van der Waals surface area (Å²) >= 11 is 2.98. The van der Waals surface area contributed by atoms with Crippen molar-refractivity contribution in [2.24, 2.45) is 4.99 Å².